The van der Waals surface area contributed by atoms with Crippen molar-refractivity contribution >= 4 is 21.7 Å². The molecule has 0 amide bonds. The van der Waals surface area contributed by atoms with Crippen LogP contribution in [-0.4, -0.2) is 34.1 Å². The third-order valence-corrected chi connectivity index (χ3v) is 7.37. The summed E-state index contributed by atoms with van der Waals surface area (Å²) in [5.41, 5.74) is 1.53. The summed E-state index contributed by atoms with van der Waals surface area (Å²) in [4.78, 5) is 30.5. The van der Waals surface area contributed by atoms with Gasteiger partial charge in [0.2, 0.25) is 0 Å². The van der Waals surface area contributed by atoms with Crippen molar-refractivity contribution in [2.45, 2.75) is 18.9 Å². The number of nitrogens with one attached hydrogen (secondary N) is 1. The molecule has 3 atom stereocenters. The van der Waals surface area contributed by atoms with E-state index in [9.17, 15) is 9.59 Å². The normalized spacial score (nSPS) is 23.2. The lowest BCUT2D eigenvalue weighted by Gasteiger charge is -2.40. The Morgan fingerprint density at radius 3 is 2.58 bits per heavy atom. The Balaban J connectivity index is 1.16. The molecule has 1 saturated carbocycles. The first-order valence-corrected chi connectivity index (χ1v) is 11.1. The largest absolute Gasteiger partial charge is 0.328 e. The van der Waals surface area contributed by atoms with Crippen LogP contribution in [0.4, 0.5) is 0 Å². The molecular weight excluding hydrogens is 386 g/mol. The Labute approximate surface area is 179 Å². The monoisotopic (exact) mass is 411 g/mol. The SMILES string of the molecule is O=c1[nH]c2ccccc2c(=O)n1CCN1CC2CC(c3ccc4ccccc4c3)C2C1. The van der Waals surface area contributed by atoms with Gasteiger partial charge in [-0.05, 0) is 52.6 Å². The molecule has 1 saturated heterocycles. The number of likely N-dealkylation sites (tertiary alicyclic amines) is 1. The van der Waals surface area contributed by atoms with Crippen LogP contribution in [0.3, 0.4) is 0 Å². The lowest BCUT2D eigenvalue weighted by atomic mass is 9.64. The molecule has 156 valence electrons. The first-order chi connectivity index (χ1) is 15.2. The van der Waals surface area contributed by atoms with Crippen molar-refractivity contribution in [3.05, 3.63) is 93.1 Å². The van der Waals surface area contributed by atoms with E-state index in [1.54, 1.807) is 12.1 Å². The van der Waals surface area contributed by atoms with Crippen LogP contribution in [0, 0.1) is 11.8 Å². The van der Waals surface area contributed by atoms with Crippen LogP contribution in [0.25, 0.3) is 21.7 Å². The average Bonchev–Trinajstić information content (AvgIpc) is 3.09. The summed E-state index contributed by atoms with van der Waals surface area (Å²) < 4.78 is 1.35. The molecule has 2 heterocycles. The zero-order valence-corrected chi connectivity index (χ0v) is 17.3. The zero-order valence-electron chi connectivity index (χ0n) is 17.3. The predicted octanol–water partition coefficient (Wildman–Crippen LogP) is 3.58. The number of aromatic amines is 1. The molecule has 2 aliphatic rings. The van der Waals surface area contributed by atoms with Crippen molar-refractivity contribution in [2.75, 3.05) is 19.6 Å². The molecule has 1 N–H and O–H groups in total. The predicted molar refractivity (Wildman–Crippen MR) is 124 cm³/mol. The van der Waals surface area contributed by atoms with Crippen LogP contribution in [0.1, 0.15) is 17.9 Å². The topological polar surface area (TPSA) is 58.1 Å². The molecule has 0 bridgehead atoms. The number of H-pyrrole nitrogens is 1. The molecule has 5 nitrogen and oxygen atoms in total. The van der Waals surface area contributed by atoms with Gasteiger partial charge in [-0.25, -0.2) is 4.79 Å². The van der Waals surface area contributed by atoms with Crippen molar-refractivity contribution in [1.82, 2.24) is 14.5 Å². The lowest BCUT2D eigenvalue weighted by molar-refractivity contribution is 0.191. The van der Waals surface area contributed by atoms with E-state index in [0.29, 0.717) is 29.3 Å². The van der Waals surface area contributed by atoms with Gasteiger partial charge in [0.1, 0.15) is 0 Å². The number of para-hydroxylation sites is 1. The fraction of sp³-hybridized carbons (Fsp3) is 0.308. The zero-order chi connectivity index (χ0) is 20.9. The van der Waals surface area contributed by atoms with Crippen LogP contribution < -0.4 is 11.2 Å². The number of hydrogen-bond acceptors (Lipinski definition) is 3. The Bertz CT molecular complexity index is 1400. The highest BCUT2D eigenvalue weighted by atomic mass is 16.2. The highest BCUT2D eigenvalue weighted by Gasteiger charge is 2.47. The molecule has 0 spiro atoms. The van der Waals surface area contributed by atoms with Crippen molar-refractivity contribution in [2.24, 2.45) is 11.8 Å². The second kappa shape index (κ2) is 7.20. The first kappa shape index (κ1) is 18.6. The van der Waals surface area contributed by atoms with Crippen molar-refractivity contribution in [3.63, 3.8) is 0 Å². The van der Waals surface area contributed by atoms with Gasteiger partial charge in [-0.1, -0.05) is 54.6 Å². The van der Waals surface area contributed by atoms with Gasteiger partial charge >= 0.3 is 5.69 Å². The highest BCUT2D eigenvalue weighted by Crippen LogP contribution is 2.51. The highest BCUT2D eigenvalue weighted by molar-refractivity contribution is 5.83. The molecule has 1 aliphatic heterocycles. The van der Waals surface area contributed by atoms with E-state index in [0.717, 1.165) is 25.6 Å². The van der Waals surface area contributed by atoms with E-state index in [4.69, 9.17) is 0 Å². The Morgan fingerprint density at radius 2 is 1.68 bits per heavy atom. The minimum atomic E-state index is -0.320. The van der Waals surface area contributed by atoms with E-state index < -0.39 is 0 Å². The maximum Gasteiger partial charge on any atom is 0.328 e. The van der Waals surface area contributed by atoms with Gasteiger partial charge in [0.25, 0.3) is 5.56 Å². The van der Waals surface area contributed by atoms with E-state index in [1.165, 1.54) is 27.3 Å². The maximum absolute atomic E-state index is 12.8. The van der Waals surface area contributed by atoms with Crippen molar-refractivity contribution in [1.29, 1.82) is 0 Å². The number of benzene rings is 3. The molecule has 1 aliphatic carbocycles. The molecule has 0 radical (unpaired) electrons. The van der Waals surface area contributed by atoms with Crippen molar-refractivity contribution in [3.8, 4) is 0 Å². The third kappa shape index (κ3) is 3.12. The Kier molecular flexibility index (Phi) is 4.32. The molecule has 2 fully saturated rings. The fourth-order valence-electron chi connectivity index (χ4n) is 5.65. The maximum atomic E-state index is 12.8. The Hall–Kier alpha value is -3.18. The smallest absolute Gasteiger partial charge is 0.307 e. The summed E-state index contributed by atoms with van der Waals surface area (Å²) >= 11 is 0. The summed E-state index contributed by atoms with van der Waals surface area (Å²) in [7, 11) is 0. The number of rotatable bonds is 4. The summed E-state index contributed by atoms with van der Waals surface area (Å²) in [6.07, 6.45) is 1.23. The van der Waals surface area contributed by atoms with Gasteiger partial charge in [-0.15, -0.1) is 0 Å². The average molecular weight is 412 g/mol. The first-order valence-electron chi connectivity index (χ1n) is 11.1. The summed E-state index contributed by atoms with van der Waals surface area (Å²) in [5.74, 6) is 2.02. The molecular formula is C26H25N3O2. The molecule has 3 aromatic carbocycles. The molecule has 5 heteroatoms. The number of hydrogen-bond donors (Lipinski definition) is 1. The molecule has 31 heavy (non-hydrogen) atoms. The van der Waals surface area contributed by atoms with E-state index >= 15 is 0 Å². The summed E-state index contributed by atoms with van der Waals surface area (Å²) in [6, 6.07) is 22.6. The van der Waals surface area contributed by atoms with Gasteiger partial charge in [0.05, 0.1) is 10.9 Å². The minimum absolute atomic E-state index is 0.199. The standard InChI is InChI=1S/C26H25N3O2/c30-25-21-7-3-4-8-24(21)27-26(31)29(25)12-11-28-15-20-14-22(23(20)16-28)19-10-9-17-5-1-2-6-18(17)13-19/h1-10,13,20,22-23H,11-12,14-16H2,(H,27,31). The summed E-state index contributed by atoms with van der Waals surface area (Å²) in [5, 5.41) is 3.18. The van der Waals surface area contributed by atoms with Gasteiger partial charge in [-0.3, -0.25) is 9.36 Å². The molecule has 1 aromatic heterocycles. The van der Waals surface area contributed by atoms with E-state index in [1.807, 2.05) is 12.1 Å². The molecule has 4 aromatic rings. The minimum Gasteiger partial charge on any atom is -0.307 e. The van der Waals surface area contributed by atoms with Crippen LogP contribution in [0.15, 0.2) is 76.3 Å². The number of fused-ring (bicyclic) bond motifs is 3. The van der Waals surface area contributed by atoms with Crippen LogP contribution >= 0.6 is 0 Å². The molecule has 3 unspecified atom stereocenters. The van der Waals surface area contributed by atoms with E-state index in [-0.39, 0.29) is 11.2 Å². The third-order valence-electron chi connectivity index (χ3n) is 7.37. The van der Waals surface area contributed by atoms with Crippen LogP contribution in [-0.2, 0) is 6.54 Å². The van der Waals surface area contributed by atoms with Crippen molar-refractivity contribution < 1.29 is 0 Å². The van der Waals surface area contributed by atoms with Gasteiger partial charge in [0, 0.05) is 26.2 Å². The lowest BCUT2D eigenvalue weighted by Crippen LogP contribution is -2.38. The van der Waals surface area contributed by atoms with E-state index in [2.05, 4.69) is 52.3 Å². The second-order valence-electron chi connectivity index (χ2n) is 9.06. The fourth-order valence-corrected chi connectivity index (χ4v) is 5.65. The number of aromatic nitrogens is 2. The second-order valence-corrected chi connectivity index (χ2v) is 9.06. The van der Waals surface area contributed by atoms with Gasteiger partial charge in [-0.2, -0.15) is 0 Å². The Morgan fingerprint density at radius 1 is 0.871 bits per heavy atom. The van der Waals surface area contributed by atoms with Gasteiger partial charge in [0.15, 0.2) is 0 Å². The van der Waals surface area contributed by atoms with Crippen LogP contribution in [0.2, 0.25) is 0 Å². The number of nitrogens with zero attached hydrogens (tertiary/aromatic N) is 2. The molecule has 6 rings (SSSR count). The quantitative estimate of drug-likeness (QED) is 0.558. The van der Waals surface area contributed by atoms with Crippen LogP contribution in [0.5, 0.6) is 0 Å². The summed E-state index contributed by atoms with van der Waals surface area (Å²) in [6.45, 7) is 3.27. The van der Waals surface area contributed by atoms with Gasteiger partial charge < -0.3 is 9.88 Å².